The number of aromatic nitrogens is 2. The molecule has 2 aliphatic rings. The number of rotatable bonds is 1. The molecule has 1 aromatic heterocycles. The van der Waals surface area contributed by atoms with Crippen LogP contribution in [0.15, 0.2) is 24.3 Å². The lowest BCUT2D eigenvalue weighted by Crippen LogP contribution is -2.32. The second-order valence-electron chi connectivity index (χ2n) is 7.28. The first-order chi connectivity index (χ1) is 10.4. The van der Waals surface area contributed by atoms with E-state index in [2.05, 4.69) is 31.0 Å². The first-order valence-electron chi connectivity index (χ1n) is 7.69. The van der Waals surface area contributed by atoms with Crippen molar-refractivity contribution in [1.29, 1.82) is 0 Å². The highest BCUT2D eigenvalue weighted by Crippen LogP contribution is 2.67. The van der Waals surface area contributed by atoms with Crippen molar-refractivity contribution in [3.63, 3.8) is 0 Å². The lowest BCUT2D eigenvalue weighted by atomic mass is 9.70. The predicted octanol–water partition coefficient (Wildman–Crippen LogP) is 5.11. The Morgan fingerprint density at radius 3 is 2.73 bits per heavy atom. The fraction of sp³-hybridized carbons (Fsp3) is 0.444. The Morgan fingerprint density at radius 1 is 1.23 bits per heavy atom. The number of fused-ring (bicyclic) bond motifs is 5. The molecule has 0 saturated heterocycles. The SMILES string of the molecule is CC1(C)[C@H]2CC[C@]1(C)c1nnc(-c3c(F)cccc3Cl)cc12. The standard InChI is InChI=1S/C18H18ClFN2/c1-17(2)11-7-8-18(17,3)16-10(11)9-14(21-22-16)15-12(19)5-4-6-13(15)20/h4-6,9,11H,7-8H2,1-3H3/t11-,18+/m0/s1. The van der Waals surface area contributed by atoms with E-state index in [-0.39, 0.29) is 16.6 Å². The van der Waals surface area contributed by atoms with Crippen molar-refractivity contribution in [2.24, 2.45) is 5.41 Å². The fourth-order valence-electron chi connectivity index (χ4n) is 4.43. The van der Waals surface area contributed by atoms with Gasteiger partial charge in [0.1, 0.15) is 5.82 Å². The molecule has 4 rings (SSSR count). The van der Waals surface area contributed by atoms with Gasteiger partial charge in [-0.1, -0.05) is 38.4 Å². The molecule has 0 aliphatic heterocycles. The summed E-state index contributed by atoms with van der Waals surface area (Å²) < 4.78 is 14.2. The van der Waals surface area contributed by atoms with Crippen molar-refractivity contribution in [2.75, 3.05) is 0 Å². The zero-order valence-electron chi connectivity index (χ0n) is 13.0. The van der Waals surface area contributed by atoms with Crippen molar-refractivity contribution in [3.8, 4) is 11.3 Å². The highest BCUT2D eigenvalue weighted by atomic mass is 35.5. The molecule has 22 heavy (non-hydrogen) atoms. The van der Waals surface area contributed by atoms with Crippen molar-refractivity contribution in [1.82, 2.24) is 10.2 Å². The molecule has 2 nitrogen and oxygen atoms in total. The van der Waals surface area contributed by atoms with Crippen LogP contribution in [0.3, 0.4) is 0 Å². The number of hydrogen-bond acceptors (Lipinski definition) is 2. The van der Waals surface area contributed by atoms with Gasteiger partial charge < -0.3 is 0 Å². The van der Waals surface area contributed by atoms with E-state index >= 15 is 0 Å². The van der Waals surface area contributed by atoms with E-state index in [1.54, 1.807) is 12.1 Å². The molecule has 0 radical (unpaired) electrons. The first kappa shape index (κ1) is 14.1. The lowest BCUT2D eigenvalue weighted by molar-refractivity contribution is 0.226. The van der Waals surface area contributed by atoms with Crippen molar-refractivity contribution in [2.45, 2.75) is 44.9 Å². The van der Waals surface area contributed by atoms with E-state index in [0.29, 0.717) is 22.2 Å². The van der Waals surface area contributed by atoms with Crippen LogP contribution in [0.25, 0.3) is 11.3 Å². The molecule has 2 atom stereocenters. The molecule has 2 bridgehead atoms. The van der Waals surface area contributed by atoms with Gasteiger partial charge in [0.2, 0.25) is 0 Å². The minimum Gasteiger partial charge on any atom is -0.206 e. The Balaban J connectivity index is 1.92. The van der Waals surface area contributed by atoms with Gasteiger partial charge in [-0.15, -0.1) is 0 Å². The van der Waals surface area contributed by atoms with Crippen LogP contribution in [0, 0.1) is 11.2 Å². The minimum atomic E-state index is -0.352. The molecule has 0 unspecified atom stereocenters. The normalized spacial score (nSPS) is 28.0. The number of nitrogens with zero attached hydrogens (tertiary/aromatic N) is 2. The third-order valence-corrected chi connectivity index (χ3v) is 6.48. The summed E-state index contributed by atoms with van der Waals surface area (Å²) in [4.78, 5) is 0. The summed E-state index contributed by atoms with van der Waals surface area (Å²) >= 11 is 6.17. The van der Waals surface area contributed by atoms with E-state index < -0.39 is 0 Å². The summed E-state index contributed by atoms with van der Waals surface area (Å²) in [5, 5.41) is 9.17. The molecule has 114 valence electrons. The Kier molecular flexibility index (Phi) is 2.75. The van der Waals surface area contributed by atoms with E-state index in [9.17, 15) is 4.39 Å². The monoisotopic (exact) mass is 316 g/mol. The van der Waals surface area contributed by atoms with Crippen LogP contribution < -0.4 is 0 Å². The first-order valence-corrected chi connectivity index (χ1v) is 8.06. The summed E-state index contributed by atoms with van der Waals surface area (Å²) in [5.74, 6) is 0.114. The highest BCUT2D eigenvalue weighted by molar-refractivity contribution is 6.33. The van der Waals surface area contributed by atoms with Crippen molar-refractivity contribution < 1.29 is 4.39 Å². The summed E-state index contributed by atoms with van der Waals surface area (Å²) in [7, 11) is 0. The lowest BCUT2D eigenvalue weighted by Gasteiger charge is -2.33. The summed E-state index contributed by atoms with van der Waals surface area (Å²) in [6.07, 6.45) is 2.30. The Labute approximate surface area is 134 Å². The third-order valence-electron chi connectivity index (χ3n) is 6.17. The van der Waals surface area contributed by atoms with Gasteiger partial charge >= 0.3 is 0 Å². The minimum absolute atomic E-state index is 0.0670. The van der Waals surface area contributed by atoms with Crippen LogP contribution in [-0.4, -0.2) is 10.2 Å². The average Bonchev–Trinajstić information content (AvgIpc) is 2.78. The molecule has 0 N–H and O–H groups in total. The Hall–Kier alpha value is -1.48. The van der Waals surface area contributed by atoms with Gasteiger partial charge in [-0.3, -0.25) is 0 Å². The summed E-state index contributed by atoms with van der Waals surface area (Å²) in [5.41, 5.74) is 3.44. The van der Waals surface area contributed by atoms with Crippen LogP contribution in [0.4, 0.5) is 4.39 Å². The van der Waals surface area contributed by atoms with Gasteiger partial charge in [0.15, 0.2) is 0 Å². The second kappa shape index (κ2) is 4.29. The maximum atomic E-state index is 14.2. The smallest absolute Gasteiger partial charge is 0.134 e. The van der Waals surface area contributed by atoms with Crippen LogP contribution in [0.2, 0.25) is 5.02 Å². The molecule has 2 aromatic rings. The molecule has 0 amide bonds. The van der Waals surface area contributed by atoms with Gasteiger partial charge in [0.05, 0.1) is 22.0 Å². The van der Waals surface area contributed by atoms with Crippen LogP contribution in [-0.2, 0) is 5.41 Å². The quantitative estimate of drug-likeness (QED) is 0.730. The largest absolute Gasteiger partial charge is 0.206 e. The zero-order chi connectivity index (χ0) is 15.7. The number of hydrogen-bond donors (Lipinski definition) is 0. The van der Waals surface area contributed by atoms with Crippen LogP contribution in [0.5, 0.6) is 0 Å². The van der Waals surface area contributed by atoms with Gasteiger partial charge in [0.25, 0.3) is 0 Å². The maximum Gasteiger partial charge on any atom is 0.134 e. The molecule has 1 heterocycles. The molecular weight excluding hydrogens is 299 g/mol. The molecule has 0 spiro atoms. The van der Waals surface area contributed by atoms with Gasteiger partial charge in [-0.2, -0.15) is 10.2 Å². The molecular formula is C18H18ClFN2. The topological polar surface area (TPSA) is 25.8 Å². The summed E-state index contributed by atoms with van der Waals surface area (Å²) in [6.45, 7) is 6.90. The Bertz CT molecular complexity index is 766. The van der Waals surface area contributed by atoms with E-state index in [4.69, 9.17) is 11.6 Å². The van der Waals surface area contributed by atoms with E-state index in [1.165, 1.54) is 11.6 Å². The van der Waals surface area contributed by atoms with E-state index in [0.717, 1.165) is 18.5 Å². The van der Waals surface area contributed by atoms with E-state index in [1.807, 2.05) is 6.07 Å². The molecule has 1 fully saturated rings. The number of benzene rings is 1. The Morgan fingerprint density at radius 2 is 2.00 bits per heavy atom. The molecule has 1 saturated carbocycles. The van der Waals surface area contributed by atoms with Crippen LogP contribution >= 0.6 is 11.6 Å². The van der Waals surface area contributed by atoms with Crippen molar-refractivity contribution >= 4 is 11.6 Å². The third kappa shape index (κ3) is 1.55. The number of halogens is 2. The molecule has 2 aliphatic carbocycles. The van der Waals surface area contributed by atoms with Gasteiger partial charge in [0, 0.05) is 5.41 Å². The molecule has 1 aromatic carbocycles. The van der Waals surface area contributed by atoms with Gasteiger partial charge in [-0.05, 0) is 47.9 Å². The second-order valence-corrected chi connectivity index (χ2v) is 7.68. The van der Waals surface area contributed by atoms with Crippen LogP contribution in [0.1, 0.15) is 50.8 Å². The predicted molar refractivity (Wildman–Crippen MR) is 85.5 cm³/mol. The van der Waals surface area contributed by atoms with Crippen molar-refractivity contribution in [3.05, 3.63) is 46.4 Å². The van der Waals surface area contributed by atoms with Gasteiger partial charge in [-0.25, -0.2) is 4.39 Å². The highest BCUT2D eigenvalue weighted by Gasteiger charge is 2.60. The summed E-state index contributed by atoms with van der Waals surface area (Å²) in [6, 6.07) is 6.71. The zero-order valence-corrected chi connectivity index (χ0v) is 13.7. The average molecular weight is 317 g/mol. The fourth-order valence-corrected chi connectivity index (χ4v) is 4.69. The maximum absolute atomic E-state index is 14.2. The molecule has 4 heteroatoms.